The number of aryl methyl sites for hydroxylation is 1. The van der Waals surface area contributed by atoms with Crippen LogP contribution in [-0.4, -0.2) is 33.5 Å². The van der Waals surface area contributed by atoms with E-state index in [1.165, 1.54) is 11.8 Å². The summed E-state index contributed by atoms with van der Waals surface area (Å²) in [4.78, 5) is 12.6. The van der Waals surface area contributed by atoms with Crippen LogP contribution >= 0.6 is 23.4 Å². The topological polar surface area (TPSA) is 69.0 Å². The van der Waals surface area contributed by atoms with Crippen LogP contribution < -0.4 is 10.1 Å². The Morgan fingerprint density at radius 1 is 1.06 bits per heavy atom. The number of carbonyl (C=O) groups is 1. The first-order chi connectivity index (χ1) is 15.6. The summed E-state index contributed by atoms with van der Waals surface area (Å²) in [6, 6.07) is 22.9. The highest BCUT2D eigenvalue weighted by Gasteiger charge is 2.19. The van der Waals surface area contributed by atoms with Gasteiger partial charge in [-0.05, 0) is 48.9 Å². The highest BCUT2D eigenvalue weighted by Crippen LogP contribution is 2.33. The fraction of sp³-hybridized carbons (Fsp3) is 0.125. The van der Waals surface area contributed by atoms with Crippen molar-refractivity contribution in [1.29, 1.82) is 0 Å². The zero-order valence-corrected chi connectivity index (χ0v) is 19.2. The summed E-state index contributed by atoms with van der Waals surface area (Å²) in [5.74, 6) is 1.36. The number of amides is 1. The fourth-order valence-corrected chi connectivity index (χ4v) is 4.15. The number of anilines is 1. The largest absolute Gasteiger partial charge is 0.496 e. The normalized spacial score (nSPS) is 10.7. The number of benzene rings is 3. The van der Waals surface area contributed by atoms with Gasteiger partial charge in [0.1, 0.15) is 5.75 Å². The molecule has 162 valence electrons. The molecule has 4 aromatic rings. The van der Waals surface area contributed by atoms with Crippen LogP contribution in [0.25, 0.3) is 17.1 Å². The maximum Gasteiger partial charge on any atom is 0.234 e. The van der Waals surface area contributed by atoms with E-state index in [-0.39, 0.29) is 11.7 Å². The van der Waals surface area contributed by atoms with Gasteiger partial charge in [0.25, 0.3) is 0 Å². The second-order valence-electron chi connectivity index (χ2n) is 6.97. The van der Waals surface area contributed by atoms with Crippen molar-refractivity contribution in [3.63, 3.8) is 0 Å². The molecule has 0 aliphatic rings. The summed E-state index contributed by atoms with van der Waals surface area (Å²) in [5.41, 5.74) is 3.35. The number of para-hydroxylation sites is 2. The summed E-state index contributed by atoms with van der Waals surface area (Å²) >= 11 is 7.37. The molecule has 32 heavy (non-hydrogen) atoms. The number of aromatic nitrogens is 3. The van der Waals surface area contributed by atoms with Crippen LogP contribution in [0.3, 0.4) is 0 Å². The van der Waals surface area contributed by atoms with E-state index < -0.39 is 0 Å². The molecule has 0 radical (unpaired) electrons. The second kappa shape index (κ2) is 9.89. The average Bonchev–Trinajstić information content (AvgIpc) is 3.24. The van der Waals surface area contributed by atoms with Crippen molar-refractivity contribution in [2.24, 2.45) is 0 Å². The van der Waals surface area contributed by atoms with Crippen LogP contribution in [0.2, 0.25) is 5.02 Å². The predicted octanol–water partition coefficient (Wildman–Crippen LogP) is 5.64. The van der Waals surface area contributed by atoms with E-state index in [4.69, 9.17) is 16.3 Å². The lowest BCUT2D eigenvalue weighted by Gasteiger charge is -2.12. The number of carbonyl (C=O) groups excluding carboxylic acids is 1. The number of ether oxygens (including phenoxy) is 1. The van der Waals surface area contributed by atoms with Crippen LogP contribution in [0.15, 0.2) is 78.0 Å². The number of hydrogen-bond acceptors (Lipinski definition) is 5. The molecule has 1 N–H and O–H groups in total. The van der Waals surface area contributed by atoms with Gasteiger partial charge in [0, 0.05) is 16.4 Å². The van der Waals surface area contributed by atoms with Gasteiger partial charge in [0.05, 0.1) is 18.4 Å². The summed E-state index contributed by atoms with van der Waals surface area (Å²) in [6.07, 6.45) is 0. The number of halogens is 1. The van der Waals surface area contributed by atoms with E-state index in [1.807, 2.05) is 72.2 Å². The number of hydrogen-bond donors (Lipinski definition) is 1. The molecule has 1 amide bonds. The standard InChI is InChI=1S/C24H21ClN4O2S/c1-16-12-13-17(25)14-20(16)26-22(30)15-32-24-28-27-23(19-10-6-7-11-21(19)31-2)29(24)18-8-4-3-5-9-18/h3-14H,15H2,1-2H3,(H,26,30). The van der Waals surface area contributed by atoms with E-state index >= 15 is 0 Å². The van der Waals surface area contributed by atoms with Gasteiger partial charge in [-0.1, -0.05) is 59.8 Å². The lowest BCUT2D eigenvalue weighted by atomic mass is 10.2. The van der Waals surface area contributed by atoms with Crippen molar-refractivity contribution in [1.82, 2.24) is 14.8 Å². The zero-order valence-electron chi connectivity index (χ0n) is 17.6. The lowest BCUT2D eigenvalue weighted by molar-refractivity contribution is -0.113. The Morgan fingerprint density at radius 3 is 2.59 bits per heavy atom. The van der Waals surface area contributed by atoms with Gasteiger partial charge in [-0.15, -0.1) is 10.2 Å². The first kappa shape index (κ1) is 21.9. The minimum atomic E-state index is -0.151. The molecule has 3 aromatic carbocycles. The number of thioether (sulfide) groups is 1. The summed E-state index contributed by atoms with van der Waals surface area (Å²) in [5, 5.41) is 12.9. The third kappa shape index (κ3) is 4.79. The first-order valence-electron chi connectivity index (χ1n) is 9.90. The van der Waals surface area contributed by atoms with Gasteiger partial charge in [-0.25, -0.2) is 0 Å². The molecule has 1 aromatic heterocycles. The van der Waals surface area contributed by atoms with Crippen LogP contribution in [0.1, 0.15) is 5.56 Å². The Labute approximate surface area is 195 Å². The molecule has 0 spiro atoms. The quantitative estimate of drug-likeness (QED) is 0.359. The Balaban J connectivity index is 1.62. The van der Waals surface area contributed by atoms with E-state index in [0.29, 0.717) is 27.4 Å². The highest BCUT2D eigenvalue weighted by atomic mass is 35.5. The molecule has 0 bridgehead atoms. The van der Waals surface area contributed by atoms with Gasteiger partial charge >= 0.3 is 0 Å². The van der Waals surface area contributed by atoms with Gasteiger partial charge in [0.15, 0.2) is 11.0 Å². The van der Waals surface area contributed by atoms with Crippen LogP contribution in [0, 0.1) is 6.92 Å². The molecule has 0 saturated carbocycles. The van der Waals surface area contributed by atoms with Crippen LogP contribution in [0.4, 0.5) is 5.69 Å². The zero-order chi connectivity index (χ0) is 22.5. The summed E-state index contributed by atoms with van der Waals surface area (Å²) < 4.78 is 7.45. The van der Waals surface area contributed by atoms with E-state index in [2.05, 4.69) is 15.5 Å². The molecular formula is C24H21ClN4O2S. The SMILES string of the molecule is COc1ccccc1-c1nnc(SCC(=O)Nc2cc(Cl)ccc2C)n1-c1ccccc1. The Kier molecular flexibility index (Phi) is 6.78. The van der Waals surface area contributed by atoms with Crippen molar-refractivity contribution >= 4 is 35.0 Å². The average molecular weight is 465 g/mol. The van der Waals surface area contributed by atoms with Crippen LogP contribution in [-0.2, 0) is 4.79 Å². The summed E-state index contributed by atoms with van der Waals surface area (Å²) in [6.45, 7) is 1.92. The molecule has 0 fully saturated rings. The second-order valence-corrected chi connectivity index (χ2v) is 8.35. The minimum Gasteiger partial charge on any atom is -0.496 e. The van der Waals surface area contributed by atoms with Crippen molar-refractivity contribution in [3.05, 3.63) is 83.4 Å². The summed E-state index contributed by atoms with van der Waals surface area (Å²) in [7, 11) is 1.62. The molecular weight excluding hydrogens is 444 g/mol. The third-order valence-electron chi connectivity index (χ3n) is 4.80. The monoisotopic (exact) mass is 464 g/mol. The molecule has 0 saturated heterocycles. The minimum absolute atomic E-state index is 0.151. The smallest absolute Gasteiger partial charge is 0.234 e. The van der Waals surface area contributed by atoms with Gasteiger partial charge in [0.2, 0.25) is 5.91 Å². The molecule has 0 atom stereocenters. The number of rotatable bonds is 7. The fourth-order valence-electron chi connectivity index (χ4n) is 3.22. The Bertz CT molecular complexity index is 1240. The van der Waals surface area contributed by atoms with E-state index in [0.717, 1.165) is 16.8 Å². The predicted molar refractivity (Wildman–Crippen MR) is 129 cm³/mol. The molecule has 6 nitrogen and oxygen atoms in total. The molecule has 8 heteroatoms. The highest BCUT2D eigenvalue weighted by molar-refractivity contribution is 7.99. The first-order valence-corrected chi connectivity index (χ1v) is 11.3. The van der Waals surface area contributed by atoms with Gasteiger partial charge in [-0.2, -0.15) is 0 Å². The van der Waals surface area contributed by atoms with Crippen LogP contribution in [0.5, 0.6) is 5.75 Å². The lowest BCUT2D eigenvalue weighted by Crippen LogP contribution is -2.15. The molecule has 4 rings (SSSR count). The Morgan fingerprint density at radius 2 is 1.81 bits per heavy atom. The number of nitrogens with zero attached hydrogens (tertiary/aromatic N) is 3. The maximum absolute atomic E-state index is 12.6. The number of methoxy groups -OCH3 is 1. The number of nitrogens with one attached hydrogen (secondary N) is 1. The van der Waals surface area contributed by atoms with Gasteiger partial charge in [-0.3, -0.25) is 9.36 Å². The van der Waals surface area contributed by atoms with E-state index in [9.17, 15) is 4.79 Å². The molecule has 0 aliphatic heterocycles. The van der Waals surface area contributed by atoms with Crippen molar-refractivity contribution < 1.29 is 9.53 Å². The Hall–Kier alpha value is -3.29. The van der Waals surface area contributed by atoms with Crippen molar-refractivity contribution in [2.45, 2.75) is 12.1 Å². The van der Waals surface area contributed by atoms with Gasteiger partial charge < -0.3 is 10.1 Å². The van der Waals surface area contributed by atoms with Crippen molar-refractivity contribution in [2.75, 3.05) is 18.2 Å². The third-order valence-corrected chi connectivity index (χ3v) is 5.97. The maximum atomic E-state index is 12.6. The van der Waals surface area contributed by atoms with E-state index in [1.54, 1.807) is 19.2 Å². The molecule has 1 heterocycles. The molecule has 0 aliphatic carbocycles. The molecule has 0 unspecified atom stereocenters. The van der Waals surface area contributed by atoms with Crippen molar-refractivity contribution in [3.8, 4) is 22.8 Å².